The van der Waals surface area contributed by atoms with E-state index < -0.39 is 11.8 Å². The lowest BCUT2D eigenvalue weighted by atomic mass is 10.2. The van der Waals surface area contributed by atoms with Gasteiger partial charge in [0.1, 0.15) is 29.9 Å². The van der Waals surface area contributed by atoms with Crippen LogP contribution in [0.2, 0.25) is 0 Å². The molecule has 0 radical (unpaired) electrons. The van der Waals surface area contributed by atoms with E-state index in [1.54, 1.807) is 42.5 Å². The standard InChI is InChI=1S/C23H24N4O5/c1-3-27(4-2)14-17-9-11-20(31-17)22(28)25-26-23(29)21-12-10-18(32-21)15-30-19-8-6-5-7-16(19)13-24/h5-12H,3-4,14-15H2,1-2H3,(H,25,28)(H,26,29). The van der Waals surface area contributed by atoms with Gasteiger partial charge in [-0.25, -0.2) is 0 Å². The van der Waals surface area contributed by atoms with Crippen LogP contribution < -0.4 is 15.6 Å². The van der Waals surface area contributed by atoms with Gasteiger partial charge in [0.25, 0.3) is 0 Å². The van der Waals surface area contributed by atoms with Gasteiger partial charge in [0.15, 0.2) is 11.5 Å². The maximum absolute atomic E-state index is 12.3. The molecule has 2 N–H and O–H groups in total. The average Bonchev–Trinajstić information content (AvgIpc) is 3.49. The second-order valence-electron chi connectivity index (χ2n) is 6.80. The summed E-state index contributed by atoms with van der Waals surface area (Å²) in [5.74, 6) is 0.365. The summed E-state index contributed by atoms with van der Waals surface area (Å²) in [6, 6.07) is 15.2. The van der Waals surface area contributed by atoms with Gasteiger partial charge in [-0.2, -0.15) is 5.26 Å². The van der Waals surface area contributed by atoms with Crippen molar-refractivity contribution in [1.29, 1.82) is 5.26 Å². The minimum atomic E-state index is -0.628. The zero-order chi connectivity index (χ0) is 22.9. The van der Waals surface area contributed by atoms with E-state index in [1.807, 2.05) is 19.9 Å². The third kappa shape index (κ3) is 5.77. The second kappa shape index (κ2) is 10.8. The van der Waals surface area contributed by atoms with E-state index in [0.29, 0.717) is 29.4 Å². The molecule has 3 rings (SSSR count). The first-order valence-corrected chi connectivity index (χ1v) is 10.2. The molecule has 1 aromatic carbocycles. The molecule has 32 heavy (non-hydrogen) atoms. The van der Waals surface area contributed by atoms with Crippen molar-refractivity contribution < 1.29 is 23.2 Å². The van der Waals surface area contributed by atoms with Crippen LogP contribution in [0.4, 0.5) is 0 Å². The van der Waals surface area contributed by atoms with Gasteiger partial charge in [0.05, 0.1) is 12.1 Å². The number of hydrogen-bond acceptors (Lipinski definition) is 7. The molecule has 0 aliphatic carbocycles. The van der Waals surface area contributed by atoms with Gasteiger partial charge in [-0.15, -0.1) is 0 Å². The summed E-state index contributed by atoms with van der Waals surface area (Å²) in [6.45, 7) is 6.48. The summed E-state index contributed by atoms with van der Waals surface area (Å²) in [7, 11) is 0. The summed E-state index contributed by atoms with van der Waals surface area (Å²) < 4.78 is 16.6. The molecule has 0 saturated heterocycles. The molecule has 0 fully saturated rings. The predicted octanol–water partition coefficient (Wildman–Crippen LogP) is 3.24. The molecule has 166 valence electrons. The van der Waals surface area contributed by atoms with Gasteiger partial charge in [-0.3, -0.25) is 25.3 Å². The molecule has 0 aliphatic heterocycles. The lowest BCUT2D eigenvalue weighted by molar-refractivity contribution is 0.0813. The first-order valence-electron chi connectivity index (χ1n) is 10.2. The van der Waals surface area contributed by atoms with Crippen molar-refractivity contribution >= 4 is 11.8 Å². The number of furan rings is 2. The highest BCUT2D eigenvalue weighted by molar-refractivity contribution is 5.96. The zero-order valence-electron chi connectivity index (χ0n) is 17.9. The number of carbonyl (C=O) groups excluding carboxylic acids is 2. The van der Waals surface area contributed by atoms with Crippen LogP contribution in [0, 0.1) is 11.3 Å². The van der Waals surface area contributed by atoms with Crippen LogP contribution in [0.3, 0.4) is 0 Å². The van der Waals surface area contributed by atoms with Crippen LogP contribution >= 0.6 is 0 Å². The van der Waals surface area contributed by atoms with Gasteiger partial charge in [-0.1, -0.05) is 26.0 Å². The van der Waals surface area contributed by atoms with Gasteiger partial charge in [-0.05, 0) is 49.5 Å². The number of ether oxygens (including phenoxy) is 1. The summed E-state index contributed by atoms with van der Waals surface area (Å²) in [6.07, 6.45) is 0. The Morgan fingerprint density at radius 1 is 0.938 bits per heavy atom. The molecule has 0 saturated carbocycles. The van der Waals surface area contributed by atoms with Crippen LogP contribution in [-0.2, 0) is 13.2 Å². The zero-order valence-corrected chi connectivity index (χ0v) is 17.9. The highest BCUT2D eigenvalue weighted by Gasteiger charge is 2.16. The monoisotopic (exact) mass is 436 g/mol. The largest absolute Gasteiger partial charge is 0.484 e. The Labute approximate surface area is 185 Å². The fourth-order valence-corrected chi connectivity index (χ4v) is 2.90. The van der Waals surface area contributed by atoms with Crippen LogP contribution in [0.1, 0.15) is 52.0 Å². The molecule has 3 aromatic rings. The second-order valence-corrected chi connectivity index (χ2v) is 6.80. The van der Waals surface area contributed by atoms with E-state index in [9.17, 15) is 9.59 Å². The fourth-order valence-electron chi connectivity index (χ4n) is 2.90. The van der Waals surface area contributed by atoms with Crippen molar-refractivity contribution in [1.82, 2.24) is 15.8 Å². The highest BCUT2D eigenvalue weighted by atomic mass is 16.5. The molecule has 9 nitrogen and oxygen atoms in total. The third-order valence-corrected chi connectivity index (χ3v) is 4.71. The van der Waals surface area contributed by atoms with E-state index in [2.05, 4.69) is 15.8 Å². The Bertz CT molecular complexity index is 1110. The normalized spacial score (nSPS) is 10.6. The smallest absolute Gasteiger partial charge is 0.305 e. The van der Waals surface area contributed by atoms with Crippen molar-refractivity contribution in [3.8, 4) is 11.8 Å². The van der Waals surface area contributed by atoms with E-state index in [-0.39, 0.29) is 18.1 Å². The number of hydrazine groups is 1. The Hall–Kier alpha value is -4.03. The number of nitriles is 1. The van der Waals surface area contributed by atoms with Gasteiger partial charge in [0.2, 0.25) is 0 Å². The van der Waals surface area contributed by atoms with Crippen molar-refractivity contribution in [2.45, 2.75) is 27.0 Å². The molecule has 2 aromatic heterocycles. The van der Waals surface area contributed by atoms with Crippen LogP contribution in [0.5, 0.6) is 5.75 Å². The Kier molecular flexibility index (Phi) is 7.67. The number of nitrogens with zero attached hydrogens (tertiary/aromatic N) is 2. The van der Waals surface area contributed by atoms with Crippen molar-refractivity contribution in [3.63, 3.8) is 0 Å². The molecule has 0 bridgehead atoms. The Morgan fingerprint density at radius 3 is 2.16 bits per heavy atom. The van der Waals surface area contributed by atoms with Crippen molar-refractivity contribution in [2.75, 3.05) is 13.1 Å². The van der Waals surface area contributed by atoms with Crippen molar-refractivity contribution in [3.05, 3.63) is 77.1 Å². The number of rotatable bonds is 9. The lowest BCUT2D eigenvalue weighted by Gasteiger charge is -2.15. The van der Waals surface area contributed by atoms with Crippen LogP contribution in [-0.4, -0.2) is 29.8 Å². The lowest BCUT2D eigenvalue weighted by Crippen LogP contribution is -2.41. The number of benzene rings is 1. The molecule has 9 heteroatoms. The molecule has 0 atom stereocenters. The van der Waals surface area contributed by atoms with Gasteiger partial charge >= 0.3 is 11.8 Å². The molecule has 0 spiro atoms. The predicted molar refractivity (Wildman–Crippen MR) is 114 cm³/mol. The molecule has 2 heterocycles. The van der Waals surface area contributed by atoms with E-state index in [0.717, 1.165) is 13.1 Å². The summed E-state index contributed by atoms with van der Waals surface area (Å²) in [4.78, 5) is 26.6. The van der Waals surface area contributed by atoms with Gasteiger partial charge in [0, 0.05) is 0 Å². The number of carbonyl (C=O) groups is 2. The molecular formula is C23H24N4O5. The highest BCUT2D eigenvalue weighted by Crippen LogP contribution is 2.19. The number of amides is 2. The van der Waals surface area contributed by atoms with E-state index in [4.69, 9.17) is 18.8 Å². The summed E-state index contributed by atoms with van der Waals surface area (Å²) in [5, 5.41) is 9.09. The topological polar surface area (TPSA) is 121 Å². The molecule has 0 aliphatic rings. The summed E-state index contributed by atoms with van der Waals surface area (Å²) >= 11 is 0. The van der Waals surface area contributed by atoms with E-state index in [1.165, 1.54) is 6.07 Å². The number of nitrogens with one attached hydrogen (secondary N) is 2. The maximum atomic E-state index is 12.3. The van der Waals surface area contributed by atoms with Crippen molar-refractivity contribution in [2.24, 2.45) is 0 Å². The maximum Gasteiger partial charge on any atom is 0.305 e. The van der Waals surface area contributed by atoms with Gasteiger partial charge < -0.3 is 13.6 Å². The third-order valence-electron chi connectivity index (χ3n) is 4.71. The number of hydrogen-bond donors (Lipinski definition) is 2. The quantitative estimate of drug-likeness (QED) is 0.494. The van der Waals surface area contributed by atoms with Crippen LogP contribution in [0.25, 0.3) is 0 Å². The molecule has 0 unspecified atom stereocenters. The SMILES string of the molecule is CCN(CC)Cc1ccc(C(=O)NNC(=O)c2ccc(COc3ccccc3C#N)o2)o1. The summed E-state index contributed by atoms with van der Waals surface area (Å²) in [5.41, 5.74) is 4.99. The fraction of sp³-hybridized carbons (Fsp3) is 0.261. The minimum absolute atomic E-state index is 0.000800. The van der Waals surface area contributed by atoms with Crippen LogP contribution in [0.15, 0.2) is 57.4 Å². The minimum Gasteiger partial charge on any atom is -0.484 e. The first kappa shape index (κ1) is 22.7. The molecular weight excluding hydrogens is 412 g/mol. The Morgan fingerprint density at radius 2 is 1.53 bits per heavy atom. The Balaban J connectivity index is 1.50. The first-order chi connectivity index (χ1) is 15.5. The number of para-hydroxylation sites is 1. The average molecular weight is 436 g/mol. The molecule has 2 amide bonds. The van der Waals surface area contributed by atoms with E-state index >= 15 is 0 Å².